The van der Waals surface area contributed by atoms with Gasteiger partial charge in [-0.1, -0.05) is 6.92 Å². The highest BCUT2D eigenvalue weighted by molar-refractivity contribution is 5.99. The van der Waals surface area contributed by atoms with Crippen molar-refractivity contribution in [1.82, 2.24) is 25.0 Å². The number of nitrogens with zero attached hydrogens (tertiary/aromatic N) is 4. The molecular formula is C22H28N6O2. The summed E-state index contributed by atoms with van der Waals surface area (Å²) in [6, 6.07) is 10.7. The number of carbonyl (C=O) groups is 1. The normalized spacial score (nSPS) is 15.5. The molecule has 30 heavy (non-hydrogen) atoms. The minimum Gasteiger partial charge on any atom is -0.508 e. The fourth-order valence-corrected chi connectivity index (χ4v) is 3.78. The maximum atomic E-state index is 12.4. The molecule has 4 rings (SSSR count). The highest BCUT2D eigenvalue weighted by atomic mass is 16.3. The molecular weight excluding hydrogens is 380 g/mol. The van der Waals surface area contributed by atoms with Crippen LogP contribution in [-0.2, 0) is 4.79 Å². The third kappa shape index (κ3) is 4.77. The van der Waals surface area contributed by atoms with Gasteiger partial charge in [0.25, 0.3) is 0 Å². The summed E-state index contributed by atoms with van der Waals surface area (Å²) in [5.74, 6) is 0.698. The van der Waals surface area contributed by atoms with Crippen LogP contribution in [0.5, 0.6) is 5.75 Å². The molecule has 3 N–H and O–H groups in total. The Hall–Kier alpha value is -2.97. The van der Waals surface area contributed by atoms with Gasteiger partial charge in [-0.05, 0) is 55.9 Å². The highest BCUT2D eigenvalue weighted by Gasteiger charge is 2.16. The molecule has 0 radical (unpaired) electrons. The van der Waals surface area contributed by atoms with Crippen LogP contribution < -0.4 is 5.32 Å². The van der Waals surface area contributed by atoms with Crippen LogP contribution in [0.3, 0.4) is 0 Å². The Morgan fingerprint density at radius 1 is 1.10 bits per heavy atom. The number of phenols is 1. The van der Waals surface area contributed by atoms with E-state index < -0.39 is 0 Å². The van der Waals surface area contributed by atoms with E-state index in [9.17, 15) is 9.90 Å². The number of benzene rings is 1. The maximum absolute atomic E-state index is 12.4. The summed E-state index contributed by atoms with van der Waals surface area (Å²) in [6.07, 6.45) is 1.31. The number of anilines is 1. The van der Waals surface area contributed by atoms with Crippen LogP contribution in [-0.4, -0.2) is 75.3 Å². The van der Waals surface area contributed by atoms with Crippen LogP contribution in [0.2, 0.25) is 0 Å². The van der Waals surface area contributed by atoms with Crippen molar-refractivity contribution in [1.29, 1.82) is 0 Å². The molecule has 158 valence electrons. The first-order valence-corrected chi connectivity index (χ1v) is 10.5. The number of pyridine rings is 1. The van der Waals surface area contributed by atoms with Crippen molar-refractivity contribution in [2.75, 3.05) is 44.6 Å². The SMILES string of the molecule is CCN1CCN(CCCC(=O)Nc2n[nH]c3nc(-c4ccc(O)cc4)ccc23)CC1. The monoisotopic (exact) mass is 408 g/mol. The maximum Gasteiger partial charge on any atom is 0.225 e. The summed E-state index contributed by atoms with van der Waals surface area (Å²) in [7, 11) is 0. The van der Waals surface area contributed by atoms with Crippen molar-refractivity contribution >= 4 is 22.8 Å². The molecule has 0 saturated carbocycles. The molecule has 1 aromatic carbocycles. The Labute approximate surface area is 175 Å². The van der Waals surface area contributed by atoms with E-state index >= 15 is 0 Å². The number of H-pyrrole nitrogens is 1. The van der Waals surface area contributed by atoms with E-state index in [0.29, 0.717) is 17.9 Å². The summed E-state index contributed by atoms with van der Waals surface area (Å²) >= 11 is 0. The van der Waals surface area contributed by atoms with E-state index in [1.165, 1.54) is 0 Å². The number of hydrogen-bond acceptors (Lipinski definition) is 6. The zero-order valence-electron chi connectivity index (χ0n) is 17.3. The van der Waals surface area contributed by atoms with Gasteiger partial charge in [0.1, 0.15) is 5.75 Å². The van der Waals surface area contributed by atoms with Crippen molar-refractivity contribution in [2.24, 2.45) is 0 Å². The van der Waals surface area contributed by atoms with E-state index in [1.807, 2.05) is 24.3 Å². The summed E-state index contributed by atoms with van der Waals surface area (Å²) in [4.78, 5) is 21.8. The number of rotatable bonds is 7. The highest BCUT2D eigenvalue weighted by Crippen LogP contribution is 2.25. The van der Waals surface area contributed by atoms with Gasteiger partial charge in [0, 0.05) is 38.2 Å². The van der Waals surface area contributed by atoms with Crippen LogP contribution in [0.4, 0.5) is 5.82 Å². The average Bonchev–Trinajstić information content (AvgIpc) is 3.16. The fraction of sp³-hybridized carbons (Fsp3) is 0.409. The van der Waals surface area contributed by atoms with Crippen LogP contribution >= 0.6 is 0 Å². The molecule has 3 heterocycles. The molecule has 1 amide bonds. The minimum absolute atomic E-state index is 0.0294. The van der Waals surface area contributed by atoms with Crippen molar-refractivity contribution in [2.45, 2.75) is 19.8 Å². The Balaban J connectivity index is 1.31. The summed E-state index contributed by atoms with van der Waals surface area (Å²) in [5.41, 5.74) is 2.28. The van der Waals surface area contributed by atoms with E-state index in [2.05, 4.69) is 37.2 Å². The second-order valence-electron chi connectivity index (χ2n) is 7.64. The van der Waals surface area contributed by atoms with Crippen molar-refractivity contribution in [3.05, 3.63) is 36.4 Å². The Morgan fingerprint density at radius 3 is 2.57 bits per heavy atom. The molecule has 8 nitrogen and oxygen atoms in total. The lowest BCUT2D eigenvalue weighted by Crippen LogP contribution is -2.46. The number of carbonyl (C=O) groups excluding carboxylic acids is 1. The molecule has 0 bridgehead atoms. The molecule has 1 aliphatic heterocycles. The number of nitrogens with one attached hydrogen (secondary N) is 2. The predicted molar refractivity (Wildman–Crippen MR) is 117 cm³/mol. The number of hydrogen-bond donors (Lipinski definition) is 3. The number of fused-ring (bicyclic) bond motifs is 1. The number of amides is 1. The quantitative estimate of drug-likeness (QED) is 0.556. The van der Waals surface area contributed by atoms with Crippen LogP contribution in [0.25, 0.3) is 22.3 Å². The molecule has 1 fully saturated rings. The molecule has 1 saturated heterocycles. The van der Waals surface area contributed by atoms with Gasteiger partial charge >= 0.3 is 0 Å². The van der Waals surface area contributed by atoms with Crippen LogP contribution in [0.15, 0.2) is 36.4 Å². The average molecular weight is 409 g/mol. The number of likely N-dealkylation sites (N-methyl/N-ethyl adjacent to an activating group) is 1. The Kier molecular flexibility index (Phi) is 6.25. The minimum atomic E-state index is -0.0294. The molecule has 3 aromatic rings. The molecule has 0 aliphatic carbocycles. The second-order valence-corrected chi connectivity index (χ2v) is 7.64. The second kappa shape index (κ2) is 9.23. The number of phenolic OH excluding ortho intramolecular Hbond substituents is 1. The molecule has 1 aliphatic rings. The van der Waals surface area contributed by atoms with Gasteiger partial charge in [0.05, 0.1) is 11.1 Å². The van der Waals surface area contributed by atoms with Crippen molar-refractivity contribution in [3.63, 3.8) is 0 Å². The summed E-state index contributed by atoms with van der Waals surface area (Å²) in [6.45, 7) is 8.64. The number of aromatic nitrogens is 3. The lowest BCUT2D eigenvalue weighted by atomic mass is 10.1. The standard InChI is InChI=1S/C22H28N6O2/c1-2-27-12-14-28(15-13-27)11-3-4-20(30)24-22-18-9-10-19(23-21(18)25-26-22)16-5-7-17(29)8-6-16/h5-10,29H,2-4,11-15H2,1H3,(H2,23,24,25,26,30). The van der Waals surface area contributed by atoms with Gasteiger partial charge in [0.2, 0.25) is 5.91 Å². The number of aromatic hydroxyl groups is 1. The van der Waals surface area contributed by atoms with E-state index in [-0.39, 0.29) is 11.7 Å². The lowest BCUT2D eigenvalue weighted by Gasteiger charge is -2.33. The molecule has 0 unspecified atom stereocenters. The molecule has 0 spiro atoms. The van der Waals surface area contributed by atoms with Gasteiger partial charge in [0.15, 0.2) is 11.5 Å². The zero-order valence-corrected chi connectivity index (χ0v) is 17.3. The lowest BCUT2D eigenvalue weighted by molar-refractivity contribution is -0.116. The van der Waals surface area contributed by atoms with Gasteiger partial charge in [-0.2, -0.15) is 5.10 Å². The molecule has 8 heteroatoms. The topological polar surface area (TPSA) is 97.4 Å². The van der Waals surface area contributed by atoms with Gasteiger partial charge < -0.3 is 20.2 Å². The van der Waals surface area contributed by atoms with E-state index in [4.69, 9.17) is 0 Å². The van der Waals surface area contributed by atoms with Crippen LogP contribution in [0, 0.1) is 0 Å². The smallest absolute Gasteiger partial charge is 0.225 e. The first-order chi connectivity index (χ1) is 14.6. The first-order valence-electron chi connectivity index (χ1n) is 10.5. The third-order valence-corrected chi connectivity index (χ3v) is 5.64. The Bertz CT molecular complexity index is 993. The van der Waals surface area contributed by atoms with Crippen molar-refractivity contribution < 1.29 is 9.90 Å². The summed E-state index contributed by atoms with van der Waals surface area (Å²) < 4.78 is 0. The third-order valence-electron chi connectivity index (χ3n) is 5.64. The van der Waals surface area contributed by atoms with Gasteiger partial charge in [-0.3, -0.25) is 9.89 Å². The fourth-order valence-electron chi connectivity index (χ4n) is 3.78. The van der Waals surface area contributed by atoms with Crippen molar-refractivity contribution in [3.8, 4) is 17.0 Å². The van der Waals surface area contributed by atoms with E-state index in [0.717, 1.165) is 62.3 Å². The Morgan fingerprint density at radius 2 is 1.83 bits per heavy atom. The van der Waals surface area contributed by atoms with Crippen LogP contribution in [0.1, 0.15) is 19.8 Å². The predicted octanol–water partition coefficient (Wildman–Crippen LogP) is 2.69. The van der Waals surface area contributed by atoms with Gasteiger partial charge in [-0.25, -0.2) is 4.98 Å². The number of aromatic amines is 1. The molecule has 0 atom stereocenters. The first kappa shape index (κ1) is 20.3. The molecule has 2 aromatic heterocycles. The number of piperazine rings is 1. The van der Waals surface area contributed by atoms with Gasteiger partial charge in [-0.15, -0.1) is 0 Å². The van der Waals surface area contributed by atoms with E-state index in [1.54, 1.807) is 12.1 Å². The zero-order chi connectivity index (χ0) is 20.9. The summed E-state index contributed by atoms with van der Waals surface area (Å²) in [5, 5.41) is 20.2. The largest absolute Gasteiger partial charge is 0.508 e.